The Morgan fingerprint density at radius 2 is 2.00 bits per heavy atom. The molecule has 0 bridgehead atoms. The van der Waals surface area contributed by atoms with Crippen molar-refractivity contribution in [1.82, 2.24) is 5.32 Å². The maximum Gasteiger partial charge on any atom is 0.274 e. The van der Waals surface area contributed by atoms with E-state index < -0.39 is 0 Å². The molecule has 1 aromatic rings. The summed E-state index contributed by atoms with van der Waals surface area (Å²) in [5.41, 5.74) is 1.00. The standard InChI is InChI=1S/C16H24N2O2/c1-12-6-5-7-14(11-10-12)17-13(2)15-8-3-4-9-16(15)18(19)20/h3-4,8-9,12-14,17H,5-7,10-11H2,1-2H3. The van der Waals surface area contributed by atoms with E-state index in [0.29, 0.717) is 6.04 Å². The first-order chi connectivity index (χ1) is 9.58. The minimum absolute atomic E-state index is 0.0232. The van der Waals surface area contributed by atoms with E-state index in [2.05, 4.69) is 12.2 Å². The quantitative estimate of drug-likeness (QED) is 0.509. The summed E-state index contributed by atoms with van der Waals surface area (Å²) in [6.07, 6.45) is 6.16. The highest BCUT2D eigenvalue weighted by Crippen LogP contribution is 2.28. The number of nitrogens with one attached hydrogen (secondary N) is 1. The van der Waals surface area contributed by atoms with Crippen LogP contribution in [0.1, 0.15) is 57.6 Å². The van der Waals surface area contributed by atoms with Crippen LogP contribution in [0.2, 0.25) is 0 Å². The second-order valence-electron chi connectivity index (χ2n) is 6.01. The molecule has 0 spiro atoms. The van der Waals surface area contributed by atoms with Gasteiger partial charge in [0.2, 0.25) is 0 Å². The second kappa shape index (κ2) is 6.84. The lowest BCUT2D eigenvalue weighted by Gasteiger charge is -2.22. The highest BCUT2D eigenvalue weighted by molar-refractivity contribution is 5.41. The molecule has 0 heterocycles. The number of hydrogen-bond donors (Lipinski definition) is 1. The zero-order chi connectivity index (χ0) is 14.5. The summed E-state index contributed by atoms with van der Waals surface area (Å²) in [5.74, 6) is 0.808. The first-order valence-corrected chi connectivity index (χ1v) is 7.57. The van der Waals surface area contributed by atoms with Crippen molar-refractivity contribution in [3.8, 4) is 0 Å². The SMILES string of the molecule is CC1CCCC(NC(C)c2ccccc2[N+](=O)[O-])CC1. The zero-order valence-electron chi connectivity index (χ0n) is 12.3. The lowest BCUT2D eigenvalue weighted by Crippen LogP contribution is -2.31. The van der Waals surface area contributed by atoms with Crippen molar-refractivity contribution in [3.63, 3.8) is 0 Å². The van der Waals surface area contributed by atoms with Gasteiger partial charge in [0.05, 0.1) is 4.92 Å². The lowest BCUT2D eigenvalue weighted by atomic mass is 10.0. The molecule has 0 saturated heterocycles. The van der Waals surface area contributed by atoms with Crippen LogP contribution in [0.25, 0.3) is 0 Å². The van der Waals surface area contributed by atoms with Crippen LogP contribution < -0.4 is 5.32 Å². The van der Waals surface area contributed by atoms with Crippen LogP contribution in [0, 0.1) is 16.0 Å². The summed E-state index contributed by atoms with van der Waals surface area (Å²) in [6, 6.07) is 7.54. The van der Waals surface area contributed by atoms with Crippen LogP contribution in [-0.4, -0.2) is 11.0 Å². The van der Waals surface area contributed by atoms with E-state index in [1.165, 1.54) is 32.1 Å². The molecule has 1 fully saturated rings. The molecule has 4 heteroatoms. The third-order valence-electron chi connectivity index (χ3n) is 4.34. The van der Waals surface area contributed by atoms with E-state index in [1.54, 1.807) is 12.1 Å². The number of para-hydroxylation sites is 1. The lowest BCUT2D eigenvalue weighted by molar-refractivity contribution is -0.385. The minimum atomic E-state index is -0.289. The van der Waals surface area contributed by atoms with Crippen molar-refractivity contribution in [2.45, 2.75) is 58.0 Å². The molecule has 2 rings (SSSR count). The average molecular weight is 276 g/mol. The minimum Gasteiger partial charge on any atom is -0.307 e. The Morgan fingerprint density at radius 3 is 2.75 bits per heavy atom. The molecule has 1 aliphatic rings. The molecule has 110 valence electrons. The summed E-state index contributed by atoms with van der Waals surface area (Å²) < 4.78 is 0. The Morgan fingerprint density at radius 1 is 1.25 bits per heavy atom. The fraction of sp³-hybridized carbons (Fsp3) is 0.625. The van der Waals surface area contributed by atoms with Crippen molar-refractivity contribution >= 4 is 5.69 Å². The zero-order valence-corrected chi connectivity index (χ0v) is 12.3. The van der Waals surface area contributed by atoms with Gasteiger partial charge < -0.3 is 5.32 Å². The van der Waals surface area contributed by atoms with Crippen LogP contribution in [0.3, 0.4) is 0 Å². The summed E-state index contributed by atoms with van der Waals surface area (Å²) in [4.78, 5) is 10.8. The fourth-order valence-electron chi connectivity index (χ4n) is 3.12. The Labute approximate surface area is 120 Å². The molecule has 0 amide bonds. The van der Waals surface area contributed by atoms with E-state index in [-0.39, 0.29) is 16.7 Å². The molecular formula is C16H24N2O2. The van der Waals surface area contributed by atoms with Gasteiger partial charge in [-0.05, 0) is 32.1 Å². The van der Waals surface area contributed by atoms with Gasteiger partial charge in [-0.1, -0.05) is 38.0 Å². The van der Waals surface area contributed by atoms with Crippen molar-refractivity contribution < 1.29 is 4.92 Å². The van der Waals surface area contributed by atoms with E-state index >= 15 is 0 Å². The summed E-state index contributed by atoms with van der Waals surface area (Å²) in [7, 11) is 0. The van der Waals surface area contributed by atoms with E-state index in [1.807, 2.05) is 19.1 Å². The number of rotatable bonds is 4. The number of hydrogen-bond acceptors (Lipinski definition) is 3. The highest BCUT2D eigenvalue weighted by atomic mass is 16.6. The van der Waals surface area contributed by atoms with Gasteiger partial charge in [-0.2, -0.15) is 0 Å². The largest absolute Gasteiger partial charge is 0.307 e. The third-order valence-corrected chi connectivity index (χ3v) is 4.34. The molecule has 4 nitrogen and oxygen atoms in total. The van der Waals surface area contributed by atoms with Gasteiger partial charge in [0.15, 0.2) is 0 Å². The van der Waals surface area contributed by atoms with Gasteiger partial charge in [0, 0.05) is 23.7 Å². The predicted octanol–water partition coefficient (Wildman–Crippen LogP) is 4.21. The fourth-order valence-corrected chi connectivity index (χ4v) is 3.12. The molecule has 1 saturated carbocycles. The van der Waals surface area contributed by atoms with E-state index in [4.69, 9.17) is 0 Å². The molecule has 1 aliphatic carbocycles. The summed E-state index contributed by atoms with van der Waals surface area (Å²) in [5, 5.41) is 14.7. The molecule has 0 aromatic heterocycles. The van der Waals surface area contributed by atoms with Crippen LogP contribution in [0.15, 0.2) is 24.3 Å². The highest BCUT2D eigenvalue weighted by Gasteiger charge is 2.22. The van der Waals surface area contributed by atoms with Crippen LogP contribution in [0.5, 0.6) is 0 Å². The van der Waals surface area contributed by atoms with Crippen LogP contribution in [-0.2, 0) is 0 Å². The average Bonchev–Trinajstić information content (AvgIpc) is 2.63. The normalized spacial score (nSPS) is 24.9. The molecule has 0 radical (unpaired) electrons. The summed E-state index contributed by atoms with van der Waals surface area (Å²) in [6.45, 7) is 4.34. The predicted molar refractivity (Wildman–Crippen MR) is 80.7 cm³/mol. The topological polar surface area (TPSA) is 55.2 Å². The van der Waals surface area contributed by atoms with Gasteiger partial charge in [0.25, 0.3) is 5.69 Å². The number of nitro groups is 1. The maximum atomic E-state index is 11.1. The Balaban J connectivity index is 2.04. The molecule has 3 atom stereocenters. The van der Waals surface area contributed by atoms with Crippen LogP contribution >= 0.6 is 0 Å². The number of nitro benzene ring substituents is 1. The van der Waals surface area contributed by atoms with Gasteiger partial charge in [-0.3, -0.25) is 10.1 Å². The Hall–Kier alpha value is -1.42. The van der Waals surface area contributed by atoms with Gasteiger partial charge in [-0.15, -0.1) is 0 Å². The van der Waals surface area contributed by atoms with E-state index in [0.717, 1.165) is 11.5 Å². The summed E-state index contributed by atoms with van der Waals surface area (Å²) >= 11 is 0. The second-order valence-corrected chi connectivity index (χ2v) is 6.01. The first kappa shape index (κ1) is 15.0. The smallest absolute Gasteiger partial charge is 0.274 e. The molecule has 1 aromatic carbocycles. The molecule has 3 unspecified atom stereocenters. The Bertz CT molecular complexity index is 462. The number of nitrogens with zero attached hydrogens (tertiary/aromatic N) is 1. The van der Waals surface area contributed by atoms with Crippen molar-refractivity contribution in [2.24, 2.45) is 5.92 Å². The van der Waals surface area contributed by atoms with Gasteiger partial charge in [-0.25, -0.2) is 0 Å². The van der Waals surface area contributed by atoms with Gasteiger partial charge in [0.1, 0.15) is 0 Å². The monoisotopic (exact) mass is 276 g/mol. The van der Waals surface area contributed by atoms with Crippen molar-refractivity contribution in [1.29, 1.82) is 0 Å². The van der Waals surface area contributed by atoms with Crippen LogP contribution in [0.4, 0.5) is 5.69 Å². The molecule has 1 N–H and O–H groups in total. The maximum absolute atomic E-state index is 11.1. The van der Waals surface area contributed by atoms with E-state index in [9.17, 15) is 10.1 Å². The van der Waals surface area contributed by atoms with Gasteiger partial charge >= 0.3 is 0 Å². The molecule has 20 heavy (non-hydrogen) atoms. The Kier molecular flexibility index (Phi) is 5.12. The molecular weight excluding hydrogens is 252 g/mol. The molecule has 0 aliphatic heterocycles. The first-order valence-electron chi connectivity index (χ1n) is 7.57. The third kappa shape index (κ3) is 3.79. The number of benzene rings is 1. The van der Waals surface area contributed by atoms with Crippen molar-refractivity contribution in [3.05, 3.63) is 39.9 Å². The van der Waals surface area contributed by atoms with Crippen molar-refractivity contribution in [2.75, 3.05) is 0 Å².